The molecule has 0 unspecified atom stereocenters. The summed E-state index contributed by atoms with van der Waals surface area (Å²) in [5.41, 5.74) is 1.04. The molecule has 1 N–H and O–H groups in total. The van der Waals surface area contributed by atoms with E-state index in [1.165, 1.54) is 20.3 Å². The van der Waals surface area contributed by atoms with Gasteiger partial charge in [0.2, 0.25) is 5.91 Å². The van der Waals surface area contributed by atoms with Crippen molar-refractivity contribution in [2.75, 3.05) is 26.1 Å². The maximum atomic E-state index is 12.5. The van der Waals surface area contributed by atoms with Crippen molar-refractivity contribution in [2.45, 2.75) is 20.4 Å². The van der Waals surface area contributed by atoms with Crippen molar-refractivity contribution in [3.05, 3.63) is 51.3 Å². The van der Waals surface area contributed by atoms with Gasteiger partial charge in [-0.3, -0.25) is 9.59 Å². The molecule has 0 bridgehead atoms. The third kappa shape index (κ3) is 5.11. The number of hydrogen-bond donors (Lipinski definition) is 1. The number of benzene rings is 1. The van der Waals surface area contributed by atoms with E-state index in [4.69, 9.17) is 14.2 Å². The number of carbonyl (C=O) groups excluding carboxylic acids is 2. The van der Waals surface area contributed by atoms with Crippen molar-refractivity contribution in [2.24, 2.45) is 0 Å². The Labute approximate surface area is 187 Å². The molecular weight excluding hydrogens is 436 g/mol. The van der Waals surface area contributed by atoms with E-state index in [0.29, 0.717) is 33.3 Å². The molecule has 0 spiro atoms. The molecular formula is C21H22N4O6S. The van der Waals surface area contributed by atoms with Gasteiger partial charge in [0.15, 0.2) is 5.13 Å². The van der Waals surface area contributed by atoms with E-state index in [0.717, 1.165) is 16.0 Å². The molecule has 0 atom stereocenters. The molecule has 0 fully saturated rings. The number of amides is 1. The van der Waals surface area contributed by atoms with Crippen LogP contribution in [0.2, 0.25) is 0 Å². The van der Waals surface area contributed by atoms with Crippen LogP contribution in [0.25, 0.3) is 11.3 Å². The Balaban J connectivity index is 1.82. The predicted octanol–water partition coefficient (Wildman–Crippen LogP) is 2.51. The standard InChI is InChI=1S/C21H22N4O6S/c1-5-31-20(28)19-12(2)22-21(32-19)23-17(26)11-25-18(27)9-7-15(24-25)14-10-13(29-3)6-8-16(14)30-4/h6-10H,5,11H2,1-4H3,(H,22,23,26). The number of esters is 1. The number of aryl methyl sites for hydroxylation is 1. The van der Waals surface area contributed by atoms with Crippen LogP contribution in [0.4, 0.5) is 5.13 Å². The lowest BCUT2D eigenvalue weighted by atomic mass is 10.1. The molecule has 0 aliphatic rings. The number of aromatic nitrogens is 3. The first-order valence-corrected chi connectivity index (χ1v) is 10.4. The molecule has 32 heavy (non-hydrogen) atoms. The monoisotopic (exact) mass is 458 g/mol. The van der Waals surface area contributed by atoms with Crippen LogP contribution in [-0.2, 0) is 16.1 Å². The Morgan fingerprint density at radius 1 is 1.16 bits per heavy atom. The minimum atomic E-state index is -0.515. The van der Waals surface area contributed by atoms with Crippen molar-refractivity contribution in [1.29, 1.82) is 0 Å². The van der Waals surface area contributed by atoms with Crippen molar-refractivity contribution >= 4 is 28.3 Å². The molecule has 2 aromatic heterocycles. The first-order chi connectivity index (χ1) is 15.4. The summed E-state index contributed by atoms with van der Waals surface area (Å²) in [6.07, 6.45) is 0. The van der Waals surface area contributed by atoms with Crippen LogP contribution < -0.4 is 20.3 Å². The van der Waals surface area contributed by atoms with E-state index in [9.17, 15) is 14.4 Å². The van der Waals surface area contributed by atoms with E-state index in [-0.39, 0.29) is 18.3 Å². The summed E-state index contributed by atoms with van der Waals surface area (Å²) in [6.45, 7) is 3.25. The van der Waals surface area contributed by atoms with Gasteiger partial charge in [0, 0.05) is 11.6 Å². The number of nitrogens with zero attached hydrogens (tertiary/aromatic N) is 3. The molecule has 0 aliphatic heterocycles. The highest BCUT2D eigenvalue weighted by Crippen LogP contribution is 2.31. The van der Waals surface area contributed by atoms with Gasteiger partial charge in [-0.15, -0.1) is 0 Å². The zero-order valence-electron chi connectivity index (χ0n) is 18.0. The number of carbonyl (C=O) groups is 2. The zero-order chi connectivity index (χ0) is 23.3. The minimum Gasteiger partial charge on any atom is -0.497 e. The Morgan fingerprint density at radius 3 is 2.62 bits per heavy atom. The zero-order valence-corrected chi connectivity index (χ0v) is 18.8. The average molecular weight is 458 g/mol. The van der Waals surface area contributed by atoms with Gasteiger partial charge in [-0.05, 0) is 38.1 Å². The van der Waals surface area contributed by atoms with Gasteiger partial charge < -0.3 is 19.5 Å². The first kappa shape index (κ1) is 22.9. The summed E-state index contributed by atoms with van der Waals surface area (Å²) in [7, 11) is 3.06. The van der Waals surface area contributed by atoms with E-state index in [1.54, 1.807) is 38.1 Å². The molecule has 2 heterocycles. The molecule has 168 valence electrons. The summed E-state index contributed by atoms with van der Waals surface area (Å²) in [4.78, 5) is 41.2. The van der Waals surface area contributed by atoms with Crippen molar-refractivity contribution in [3.63, 3.8) is 0 Å². The molecule has 1 amide bonds. The molecule has 0 aliphatic carbocycles. The molecule has 10 nitrogen and oxygen atoms in total. The maximum absolute atomic E-state index is 12.5. The number of anilines is 1. The average Bonchev–Trinajstić information content (AvgIpc) is 3.14. The van der Waals surface area contributed by atoms with E-state index >= 15 is 0 Å². The highest BCUT2D eigenvalue weighted by molar-refractivity contribution is 7.17. The number of nitrogens with one attached hydrogen (secondary N) is 1. The Hall–Kier alpha value is -3.73. The lowest BCUT2D eigenvalue weighted by Crippen LogP contribution is -2.29. The Bertz CT molecular complexity index is 1200. The first-order valence-electron chi connectivity index (χ1n) is 9.61. The van der Waals surface area contributed by atoms with Gasteiger partial charge in [-0.1, -0.05) is 11.3 Å². The lowest BCUT2D eigenvalue weighted by Gasteiger charge is -2.11. The van der Waals surface area contributed by atoms with Crippen LogP contribution >= 0.6 is 11.3 Å². The fourth-order valence-corrected chi connectivity index (χ4v) is 3.73. The van der Waals surface area contributed by atoms with Crippen LogP contribution in [0.3, 0.4) is 0 Å². The third-order valence-electron chi connectivity index (χ3n) is 4.35. The van der Waals surface area contributed by atoms with Crippen LogP contribution in [-0.4, -0.2) is 47.5 Å². The summed E-state index contributed by atoms with van der Waals surface area (Å²) in [6, 6.07) is 8.06. The van der Waals surface area contributed by atoms with Crippen LogP contribution in [0, 0.1) is 6.92 Å². The van der Waals surface area contributed by atoms with Crippen LogP contribution in [0.15, 0.2) is 35.1 Å². The lowest BCUT2D eigenvalue weighted by molar-refractivity contribution is -0.117. The van der Waals surface area contributed by atoms with Crippen LogP contribution in [0.5, 0.6) is 11.5 Å². The molecule has 0 radical (unpaired) electrons. The largest absolute Gasteiger partial charge is 0.497 e. The Kier molecular flexibility index (Phi) is 7.21. The molecule has 0 saturated carbocycles. The smallest absolute Gasteiger partial charge is 0.350 e. The third-order valence-corrected chi connectivity index (χ3v) is 5.40. The van der Waals surface area contributed by atoms with E-state index in [1.807, 2.05) is 0 Å². The summed E-state index contributed by atoms with van der Waals surface area (Å²) >= 11 is 1.00. The second-order valence-corrected chi connectivity index (χ2v) is 7.48. The van der Waals surface area contributed by atoms with E-state index < -0.39 is 17.4 Å². The topological polar surface area (TPSA) is 122 Å². The fraction of sp³-hybridized carbons (Fsp3) is 0.286. The van der Waals surface area contributed by atoms with E-state index in [2.05, 4.69) is 15.4 Å². The number of hydrogen-bond acceptors (Lipinski definition) is 9. The quantitative estimate of drug-likeness (QED) is 0.511. The van der Waals surface area contributed by atoms with Gasteiger partial charge in [-0.25, -0.2) is 14.5 Å². The number of thiazole rings is 1. The van der Waals surface area contributed by atoms with Gasteiger partial charge >= 0.3 is 5.97 Å². The van der Waals surface area contributed by atoms with Crippen molar-refractivity contribution < 1.29 is 23.8 Å². The molecule has 11 heteroatoms. The molecule has 3 aromatic rings. The highest BCUT2D eigenvalue weighted by atomic mass is 32.1. The number of methoxy groups -OCH3 is 2. The molecule has 3 rings (SSSR count). The summed E-state index contributed by atoms with van der Waals surface area (Å²) in [5, 5.41) is 7.12. The SMILES string of the molecule is CCOC(=O)c1sc(NC(=O)Cn2nc(-c3cc(OC)ccc3OC)ccc2=O)nc1C. The second kappa shape index (κ2) is 10.1. The maximum Gasteiger partial charge on any atom is 0.350 e. The van der Waals surface area contributed by atoms with Crippen LogP contribution in [0.1, 0.15) is 22.3 Å². The highest BCUT2D eigenvalue weighted by Gasteiger charge is 2.18. The van der Waals surface area contributed by atoms with Gasteiger partial charge in [0.05, 0.1) is 32.2 Å². The van der Waals surface area contributed by atoms with Gasteiger partial charge in [0.1, 0.15) is 22.9 Å². The number of ether oxygens (including phenoxy) is 3. The Morgan fingerprint density at radius 2 is 1.94 bits per heavy atom. The van der Waals surface area contributed by atoms with Crippen molar-refractivity contribution in [1.82, 2.24) is 14.8 Å². The summed E-state index contributed by atoms with van der Waals surface area (Å²) in [5.74, 6) is 0.117. The number of rotatable bonds is 8. The fourth-order valence-electron chi connectivity index (χ4n) is 2.85. The van der Waals surface area contributed by atoms with Crippen molar-refractivity contribution in [3.8, 4) is 22.8 Å². The molecule has 1 aromatic carbocycles. The van der Waals surface area contributed by atoms with Gasteiger partial charge in [0.25, 0.3) is 5.56 Å². The minimum absolute atomic E-state index is 0.231. The predicted molar refractivity (Wildman–Crippen MR) is 118 cm³/mol. The summed E-state index contributed by atoms with van der Waals surface area (Å²) < 4.78 is 16.6. The molecule has 0 saturated heterocycles. The normalized spacial score (nSPS) is 10.5. The second-order valence-electron chi connectivity index (χ2n) is 6.48. The van der Waals surface area contributed by atoms with Gasteiger partial charge in [-0.2, -0.15) is 5.10 Å².